The molecule has 22 heavy (non-hydrogen) atoms. The van der Waals surface area contributed by atoms with Crippen LogP contribution in [0.2, 0.25) is 0 Å². The van der Waals surface area contributed by atoms with Gasteiger partial charge in [0.05, 0.1) is 18.6 Å². The van der Waals surface area contributed by atoms with Gasteiger partial charge in [0.1, 0.15) is 6.29 Å². The van der Waals surface area contributed by atoms with Gasteiger partial charge in [-0.2, -0.15) is 0 Å². The van der Waals surface area contributed by atoms with Crippen LogP contribution in [0.4, 0.5) is 0 Å². The van der Waals surface area contributed by atoms with Crippen LogP contribution >= 0.6 is 0 Å². The Bertz CT molecular complexity index is 557. The highest BCUT2D eigenvalue weighted by molar-refractivity contribution is 5.90. The van der Waals surface area contributed by atoms with E-state index in [1.165, 1.54) is 7.11 Å². The molecule has 0 aromatic heterocycles. The molecule has 1 saturated heterocycles. The van der Waals surface area contributed by atoms with E-state index in [9.17, 15) is 14.4 Å². The summed E-state index contributed by atoms with van der Waals surface area (Å²) in [5.41, 5.74) is 0.113. The van der Waals surface area contributed by atoms with Crippen LogP contribution in [0.15, 0.2) is 30.3 Å². The van der Waals surface area contributed by atoms with Gasteiger partial charge >= 0.3 is 5.97 Å². The van der Waals surface area contributed by atoms with Crippen LogP contribution in [0.25, 0.3) is 0 Å². The molecule has 1 aliphatic rings. The normalized spacial score (nSPS) is 22.5. The molecule has 1 heterocycles. The lowest BCUT2D eigenvalue weighted by molar-refractivity contribution is -0.153. The van der Waals surface area contributed by atoms with Crippen molar-refractivity contribution in [3.8, 4) is 0 Å². The molecule has 2 rings (SSSR count). The molecular weight excluding hydrogens is 282 g/mol. The maximum atomic E-state index is 12.4. The van der Waals surface area contributed by atoms with Crippen LogP contribution in [0, 0.1) is 5.41 Å². The molecule has 5 heteroatoms. The molecule has 0 saturated carbocycles. The maximum Gasteiger partial charge on any atom is 0.314 e. The van der Waals surface area contributed by atoms with E-state index < -0.39 is 11.4 Å². The van der Waals surface area contributed by atoms with Crippen LogP contribution in [-0.2, 0) is 19.1 Å². The van der Waals surface area contributed by atoms with Crippen molar-refractivity contribution in [2.45, 2.75) is 32.2 Å². The van der Waals surface area contributed by atoms with Gasteiger partial charge in [0, 0.05) is 19.4 Å². The summed E-state index contributed by atoms with van der Waals surface area (Å²) in [6.45, 7) is 2.24. The van der Waals surface area contributed by atoms with Crippen molar-refractivity contribution < 1.29 is 19.1 Å². The molecule has 1 aromatic carbocycles. The summed E-state index contributed by atoms with van der Waals surface area (Å²) >= 11 is 0. The van der Waals surface area contributed by atoms with E-state index >= 15 is 0 Å². The lowest BCUT2D eigenvalue weighted by atomic mass is 9.82. The smallest absolute Gasteiger partial charge is 0.314 e. The minimum atomic E-state index is -0.907. The summed E-state index contributed by atoms with van der Waals surface area (Å²) in [4.78, 5) is 37.0. The predicted octanol–water partition coefficient (Wildman–Crippen LogP) is 2.12. The third kappa shape index (κ3) is 3.03. The van der Waals surface area contributed by atoms with Crippen LogP contribution < -0.4 is 0 Å². The Morgan fingerprint density at radius 2 is 2.09 bits per heavy atom. The van der Waals surface area contributed by atoms with E-state index in [-0.39, 0.29) is 24.8 Å². The Kier molecular flexibility index (Phi) is 4.96. The topological polar surface area (TPSA) is 63.7 Å². The highest BCUT2D eigenvalue weighted by Crippen LogP contribution is 2.40. The van der Waals surface area contributed by atoms with E-state index in [2.05, 4.69) is 0 Å². The number of rotatable bonds is 6. The third-order valence-corrected chi connectivity index (χ3v) is 4.39. The van der Waals surface area contributed by atoms with E-state index in [0.717, 1.165) is 11.8 Å². The summed E-state index contributed by atoms with van der Waals surface area (Å²) in [5, 5.41) is 0. The number of esters is 1. The standard InChI is InChI=1S/C17H21NO4/c1-13(14-7-4-3-5-8-14)18-12-17(9-6-10-19,11-15(18)20)16(21)22-2/h3-5,7-8,10,13H,6,9,11-12H2,1-2H3. The van der Waals surface area contributed by atoms with Gasteiger partial charge in [-0.3, -0.25) is 9.59 Å². The number of hydrogen-bond acceptors (Lipinski definition) is 4. The first-order valence-corrected chi connectivity index (χ1v) is 7.40. The molecule has 0 N–H and O–H groups in total. The number of hydrogen-bond donors (Lipinski definition) is 0. The molecule has 0 spiro atoms. The lowest BCUT2D eigenvalue weighted by Crippen LogP contribution is -2.36. The number of benzene rings is 1. The zero-order chi connectivity index (χ0) is 16.2. The first kappa shape index (κ1) is 16.2. The Morgan fingerprint density at radius 3 is 2.68 bits per heavy atom. The summed E-state index contributed by atoms with van der Waals surface area (Å²) in [5.74, 6) is -0.488. The van der Waals surface area contributed by atoms with E-state index in [1.807, 2.05) is 37.3 Å². The average Bonchev–Trinajstić information content (AvgIpc) is 2.90. The molecule has 5 nitrogen and oxygen atoms in total. The number of amides is 1. The molecular formula is C17H21NO4. The van der Waals surface area contributed by atoms with Crippen LogP contribution in [0.3, 0.4) is 0 Å². The van der Waals surface area contributed by atoms with Crippen molar-refractivity contribution >= 4 is 18.2 Å². The van der Waals surface area contributed by atoms with Crippen LogP contribution in [-0.4, -0.2) is 36.7 Å². The molecule has 1 amide bonds. The Morgan fingerprint density at radius 1 is 1.41 bits per heavy atom. The monoisotopic (exact) mass is 303 g/mol. The van der Waals surface area contributed by atoms with Gasteiger partial charge in [-0.15, -0.1) is 0 Å². The minimum absolute atomic E-state index is 0.0762. The SMILES string of the molecule is COC(=O)C1(CCC=O)CC(=O)N(C(C)c2ccccc2)C1. The average molecular weight is 303 g/mol. The van der Waals surface area contributed by atoms with Crippen LogP contribution in [0.5, 0.6) is 0 Å². The van der Waals surface area contributed by atoms with Gasteiger partial charge in [0.2, 0.25) is 5.91 Å². The van der Waals surface area contributed by atoms with E-state index in [1.54, 1.807) is 4.90 Å². The number of methoxy groups -OCH3 is 1. The van der Waals surface area contributed by atoms with E-state index in [4.69, 9.17) is 4.74 Å². The van der Waals surface area contributed by atoms with Crippen molar-refractivity contribution in [1.82, 2.24) is 4.90 Å². The van der Waals surface area contributed by atoms with Gasteiger partial charge in [0.25, 0.3) is 0 Å². The molecule has 118 valence electrons. The number of likely N-dealkylation sites (tertiary alicyclic amines) is 1. The fourth-order valence-electron chi connectivity index (χ4n) is 3.08. The van der Waals surface area contributed by atoms with Crippen molar-refractivity contribution in [3.63, 3.8) is 0 Å². The predicted molar refractivity (Wildman–Crippen MR) is 80.9 cm³/mol. The number of nitrogens with zero attached hydrogens (tertiary/aromatic N) is 1. The van der Waals surface area contributed by atoms with Crippen molar-refractivity contribution in [1.29, 1.82) is 0 Å². The second-order valence-corrected chi connectivity index (χ2v) is 5.76. The first-order chi connectivity index (χ1) is 10.5. The zero-order valence-corrected chi connectivity index (χ0v) is 13.0. The fraction of sp³-hybridized carbons (Fsp3) is 0.471. The molecule has 1 aliphatic heterocycles. The molecule has 1 fully saturated rings. The number of ether oxygens (including phenoxy) is 1. The first-order valence-electron chi connectivity index (χ1n) is 7.40. The Balaban J connectivity index is 2.23. The summed E-state index contributed by atoms with van der Waals surface area (Å²) in [7, 11) is 1.32. The number of aldehydes is 1. The van der Waals surface area contributed by atoms with Gasteiger partial charge in [-0.1, -0.05) is 30.3 Å². The fourth-order valence-corrected chi connectivity index (χ4v) is 3.08. The molecule has 2 unspecified atom stereocenters. The highest BCUT2D eigenvalue weighted by Gasteiger charge is 2.50. The van der Waals surface area contributed by atoms with Crippen molar-refractivity contribution in [2.75, 3.05) is 13.7 Å². The highest BCUT2D eigenvalue weighted by atomic mass is 16.5. The van der Waals surface area contributed by atoms with Crippen molar-refractivity contribution in [3.05, 3.63) is 35.9 Å². The lowest BCUT2D eigenvalue weighted by Gasteiger charge is -2.29. The van der Waals surface area contributed by atoms with Gasteiger partial charge < -0.3 is 14.4 Å². The van der Waals surface area contributed by atoms with Gasteiger partial charge in [0.15, 0.2) is 0 Å². The summed E-state index contributed by atoms with van der Waals surface area (Å²) in [6, 6.07) is 9.57. The van der Waals surface area contributed by atoms with Crippen LogP contribution in [0.1, 0.15) is 37.8 Å². The second-order valence-electron chi connectivity index (χ2n) is 5.76. The van der Waals surface area contributed by atoms with Gasteiger partial charge in [-0.05, 0) is 18.9 Å². The summed E-state index contributed by atoms with van der Waals surface area (Å²) in [6.07, 6.45) is 1.46. The Labute approximate surface area is 130 Å². The quantitative estimate of drug-likeness (QED) is 0.596. The molecule has 2 atom stereocenters. The van der Waals surface area contributed by atoms with Gasteiger partial charge in [-0.25, -0.2) is 0 Å². The second kappa shape index (κ2) is 6.73. The molecule has 0 radical (unpaired) electrons. The van der Waals surface area contributed by atoms with Crippen molar-refractivity contribution in [2.24, 2.45) is 5.41 Å². The summed E-state index contributed by atoms with van der Waals surface area (Å²) < 4.78 is 4.88. The minimum Gasteiger partial charge on any atom is -0.469 e. The van der Waals surface area contributed by atoms with E-state index in [0.29, 0.717) is 13.0 Å². The Hall–Kier alpha value is -2.17. The molecule has 1 aromatic rings. The molecule has 0 aliphatic carbocycles. The maximum absolute atomic E-state index is 12.4. The number of carbonyl (C=O) groups is 3. The number of carbonyl (C=O) groups excluding carboxylic acids is 3. The zero-order valence-electron chi connectivity index (χ0n) is 13.0. The third-order valence-electron chi connectivity index (χ3n) is 4.39. The largest absolute Gasteiger partial charge is 0.469 e. The molecule has 0 bridgehead atoms.